The number of hydrogen-bond acceptors (Lipinski definition) is 4. The van der Waals surface area contributed by atoms with Gasteiger partial charge in [0.1, 0.15) is 12.1 Å². The number of carbonyl (C=O) groups is 1. The predicted octanol–water partition coefficient (Wildman–Crippen LogP) is 2.39. The van der Waals surface area contributed by atoms with Crippen LogP contribution in [0, 0.1) is 12.7 Å². The number of aryl methyl sites for hydroxylation is 1. The molecule has 0 aliphatic rings. The first kappa shape index (κ1) is 17.8. The van der Waals surface area contributed by atoms with Crippen LogP contribution in [0.2, 0.25) is 0 Å². The van der Waals surface area contributed by atoms with E-state index in [1.54, 1.807) is 0 Å². The van der Waals surface area contributed by atoms with Gasteiger partial charge in [0.15, 0.2) is 0 Å². The molecule has 1 unspecified atom stereocenters. The second-order valence-corrected chi connectivity index (χ2v) is 6.03. The van der Waals surface area contributed by atoms with Crippen molar-refractivity contribution in [3.63, 3.8) is 0 Å². The van der Waals surface area contributed by atoms with E-state index in [0.29, 0.717) is 12.1 Å². The third-order valence-electron chi connectivity index (χ3n) is 3.93. The maximum absolute atomic E-state index is 12.9. The standard InChI is InChI=1S/C19H19FN4O2/c1-13-2-4-14(5-3-13)10-21-19(26)18-22-12-24(23-18)11-17(25)15-6-8-16(20)9-7-15/h2-9,12,17,25H,10-11H2,1H3,(H,21,26). The summed E-state index contributed by atoms with van der Waals surface area (Å²) in [5.41, 5.74) is 2.70. The molecule has 1 atom stereocenters. The number of nitrogens with zero attached hydrogens (tertiary/aromatic N) is 3. The Morgan fingerprint density at radius 3 is 2.58 bits per heavy atom. The van der Waals surface area contributed by atoms with Gasteiger partial charge in [0.2, 0.25) is 5.82 Å². The second-order valence-electron chi connectivity index (χ2n) is 6.03. The number of carbonyl (C=O) groups excluding carboxylic acids is 1. The van der Waals surface area contributed by atoms with Crippen molar-refractivity contribution in [2.24, 2.45) is 0 Å². The van der Waals surface area contributed by atoms with Crippen molar-refractivity contribution in [2.75, 3.05) is 0 Å². The van der Waals surface area contributed by atoms with Crippen LogP contribution in [-0.2, 0) is 13.1 Å². The molecule has 0 radical (unpaired) electrons. The normalized spacial score (nSPS) is 12.0. The fourth-order valence-electron chi connectivity index (χ4n) is 2.42. The Morgan fingerprint density at radius 1 is 1.19 bits per heavy atom. The molecule has 1 aromatic heterocycles. The highest BCUT2D eigenvalue weighted by molar-refractivity contribution is 5.90. The van der Waals surface area contributed by atoms with Crippen molar-refractivity contribution in [3.05, 3.63) is 83.2 Å². The van der Waals surface area contributed by atoms with E-state index in [4.69, 9.17) is 0 Å². The van der Waals surface area contributed by atoms with Crippen LogP contribution in [0.25, 0.3) is 0 Å². The van der Waals surface area contributed by atoms with Crippen LogP contribution in [-0.4, -0.2) is 25.8 Å². The molecule has 134 valence electrons. The van der Waals surface area contributed by atoms with Crippen LogP contribution in [0.15, 0.2) is 54.9 Å². The summed E-state index contributed by atoms with van der Waals surface area (Å²) in [5, 5.41) is 17.0. The zero-order valence-corrected chi connectivity index (χ0v) is 14.3. The van der Waals surface area contributed by atoms with E-state index < -0.39 is 6.10 Å². The van der Waals surface area contributed by atoms with E-state index in [0.717, 1.165) is 11.1 Å². The maximum Gasteiger partial charge on any atom is 0.291 e. The highest BCUT2D eigenvalue weighted by atomic mass is 19.1. The van der Waals surface area contributed by atoms with Gasteiger partial charge in [0.05, 0.1) is 12.6 Å². The molecule has 3 aromatic rings. The lowest BCUT2D eigenvalue weighted by Gasteiger charge is -2.10. The van der Waals surface area contributed by atoms with Gasteiger partial charge < -0.3 is 10.4 Å². The number of rotatable bonds is 6. The van der Waals surface area contributed by atoms with Gasteiger partial charge in [-0.25, -0.2) is 14.1 Å². The van der Waals surface area contributed by atoms with E-state index in [2.05, 4.69) is 15.4 Å². The molecular formula is C19H19FN4O2. The van der Waals surface area contributed by atoms with Crippen LogP contribution in [0.5, 0.6) is 0 Å². The van der Waals surface area contributed by atoms with Gasteiger partial charge in [-0.15, -0.1) is 5.10 Å². The Bertz CT molecular complexity index is 875. The summed E-state index contributed by atoms with van der Waals surface area (Å²) in [6.45, 7) is 2.50. The van der Waals surface area contributed by atoms with Crippen molar-refractivity contribution < 1.29 is 14.3 Å². The molecule has 0 aliphatic carbocycles. The number of benzene rings is 2. The first-order chi connectivity index (χ1) is 12.5. The summed E-state index contributed by atoms with van der Waals surface area (Å²) in [6, 6.07) is 13.4. The average Bonchev–Trinajstić information content (AvgIpc) is 3.10. The minimum atomic E-state index is -0.874. The van der Waals surface area contributed by atoms with Crippen molar-refractivity contribution in [1.82, 2.24) is 20.1 Å². The SMILES string of the molecule is Cc1ccc(CNC(=O)c2ncn(CC(O)c3ccc(F)cc3)n2)cc1. The van der Waals surface area contributed by atoms with Crippen LogP contribution in [0.1, 0.15) is 33.4 Å². The Balaban J connectivity index is 1.57. The molecule has 0 saturated heterocycles. The quantitative estimate of drug-likeness (QED) is 0.712. The van der Waals surface area contributed by atoms with Gasteiger partial charge in [-0.05, 0) is 30.2 Å². The van der Waals surface area contributed by atoms with Crippen molar-refractivity contribution >= 4 is 5.91 Å². The molecule has 2 aromatic carbocycles. The summed E-state index contributed by atoms with van der Waals surface area (Å²) in [4.78, 5) is 16.1. The lowest BCUT2D eigenvalue weighted by molar-refractivity contribution is 0.0938. The van der Waals surface area contributed by atoms with Crippen LogP contribution in [0.4, 0.5) is 4.39 Å². The average molecular weight is 354 g/mol. The molecule has 0 saturated carbocycles. The van der Waals surface area contributed by atoms with Crippen LogP contribution in [0.3, 0.4) is 0 Å². The smallest absolute Gasteiger partial charge is 0.291 e. The summed E-state index contributed by atoms with van der Waals surface area (Å²) in [5.74, 6) is -0.724. The van der Waals surface area contributed by atoms with E-state index in [-0.39, 0.29) is 24.1 Å². The van der Waals surface area contributed by atoms with E-state index in [1.807, 2.05) is 31.2 Å². The van der Waals surface area contributed by atoms with Crippen LogP contribution >= 0.6 is 0 Å². The third-order valence-corrected chi connectivity index (χ3v) is 3.93. The Morgan fingerprint density at radius 2 is 1.88 bits per heavy atom. The summed E-state index contributed by atoms with van der Waals surface area (Å²) < 4.78 is 14.3. The van der Waals surface area contributed by atoms with Gasteiger partial charge in [-0.3, -0.25) is 4.79 Å². The van der Waals surface area contributed by atoms with Gasteiger partial charge in [0, 0.05) is 6.54 Å². The highest BCUT2D eigenvalue weighted by Crippen LogP contribution is 2.15. The zero-order chi connectivity index (χ0) is 18.5. The minimum Gasteiger partial charge on any atom is -0.386 e. The lowest BCUT2D eigenvalue weighted by Crippen LogP contribution is -2.24. The highest BCUT2D eigenvalue weighted by Gasteiger charge is 2.14. The molecule has 1 heterocycles. The van der Waals surface area contributed by atoms with Gasteiger partial charge in [0.25, 0.3) is 5.91 Å². The zero-order valence-electron chi connectivity index (χ0n) is 14.3. The van der Waals surface area contributed by atoms with Crippen LogP contribution < -0.4 is 5.32 Å². The monoisotopic (exact) mass is 354 g/mol. The fraction of sp³-hybridized carbons (Fsp3) is 0.211. The molecule has 2 N–H and O–H groups in total. The van der Waals surface area contributed by atoms with Crippen molar-refractivity contribution in [3.8, 4) is 0 Å². The van der Waals surface area contributed by atoms with Crippen molar-refractivity contribution in [2.45, 2.75) is 26.1 Å². The topological polar surface area (TPSA) is 80.0 Å². The lowest BCUT2D eigenvalue weighted by atomic mass is 10.1. The number of amides is 1. The first-order valence-electron chi connectivity index (χ1n) is 8.18. The Hall–Kier alpha value is -3.06. The van der Waals surface area contributed by atoms with E-state index >= 15 is 0 Å². The number of nitrogens with one attached hydrogen (secondary N) is 1. The number of halogens is 1. The molecule has 26 heavy (non-hydrogen) atoms. The third kappa shape index (κ3) is 4.52. The molecule has 0 spiro atoms. The van der Waals surface area contributed by atoms with Gasteiger partial charge >= 0.3 is 0 Å². The van der Waals surface area contributed by atoms with E-state index in [9.17, 15) is 14.3 Å². The molecule has 0 fully saturated rings. The summed E-state index contributed by atoms with van der Waals surface area (Å²) >= 11 is 0. The maximum atomic E-state index is 12.9. The first-order valence-corrected chi connectivity index (χ1v) is 8.18. The molecular weight excluding hydrogens is 335 g/mol. The number of aliphatic hydroxyl groups is 1. The summed E-state index contributed by atoms with van der Waals surface area (Å²) in [6.07, 6.45) is 0.508. The van der Waals surface area contributed by atoms with Crippen molar-refractivity contribution in [1.29, 1.82) is 0 Å². The van der Waals surface area contributed by atoms with Gasteiger partial charge in [-0.1, -0.05) is 42.0 Å². The fourth-order valence-corrected chi connectivity index (χ4v) is 2.42. The number of aliphatic hydroxyl groups excluding tert-OH is 1. The Kier molecular flexibility index (Phi) is 5.38. The molecule has 6 nitrogen and oxygen atoms in total. The molecule has 3 rings (SSSR count). The summed E-state index contributed by atoms with van der Waals surface area (Å²) in [7, 11) is 0. The molecule has 0 aliphatic heterocycles. The predicted molar refractivity (Wildman–Crippen MR) is 93.7 cm³/mol. The largest absolute Gasteiger partial charge is 0.386 e. The number of hydrogen-bond donors (Lipinski definition) is 2. The second kappa shape index (κ2) is 7.88. The minimum absolute atomic E-state index is 0.0309. The molecule has 0 bridgehead atoms. The van der Waals surface area contributed by atoms with E-state index in [1.165, 1.54) is 35.3 Å². The molecule has 1 amide bonds. The molecule has 7 heteroatoms. The number of aromatic nitrogens is 3. The Labute approximate surface area is 150 Å². The van der Waals surface area contributed by atoms with Gasteiger partial charge in [-0.2, -0.15) is 0 Å².